The molecule has 4 aromatic rings. The molecular formula is C28H25ClN6O3. The Balaban J connectivity index is 1.41. The van der Waals surface area contributed by atoms with E-state index in [2.05, 4.69) is 37.4 Å². The fourth-order valence-electron chi connectivity index (χ4n) is 5.58. The van der Waals surface area contributed by atoms with E-state index in [1.165, 1.54) is 7.05 Å². The fourth-order valence-corrected chi connectivity index (χ4v) is 5.80. The molecular weight excluding hydrogens is 504 g/mol. The van der Waals surface area contributed by atoms with Crippen LogP contribution in [0.1, 0.15) is 29.4 Å². The zero-order valence-electron chi connectivity index (χ0n) is 20.5. The standard InChI is InChI=1S/C28H25ClN6O3/c1-30-27(38)28-13-19(28)22(23(36)24(28)37)35-15-32-21-25(31-14-17-8-5-9-18(29)12-17)33-20(34-26(21)35)11-10-16-6-3-2-4-7-16/h2-9,12,15,19,22-24,36-37H,13-14H2,1H3,(H,30,38)(H,31,33,34). The summed E-state index contributed by atoms with van der Waals surface area (Å²) in [5, 5.41) is 28.4. The van der Waals surface area contributed by atoms with E-state index < -0.39 is 23.7 Å². The van der Waals surface area contributed by atoms with Crippen LogP contribution in [0.2, 0.25) is 5.02 Å². The van der Waals surface area contributed by atoms with E-state index in [9.17, 15) is 15.0 Å². The number of fused-ring (bicyclic) bond motifs is 2. The van der Waals surface area contributed by atoms with Gasteiger partial charge in [0, 0.05) is 30.1 Å². The lowest BCUT2D eigenvalue weighted by Crippen LogP contribution is -2.41. The van der Waals surface area contributed by atoms with Crippen molar-refractivity contribution in [3.63, 3.8) is 0 Å². The number of amides is 1. The number of anilines is 1. The Morgan fingerprint density at radius 2 is 1.97 bits per heavy atom. The molecule has 0 radical (unpaired) electrons. The molecule has 1 amide bonds. The second-order valence-corrected chi connectivity index (χ2v) is 10.1. The van der Waals surface area contributed by atoms with E-state index in [0.717, 1.165) is 11.1 Å². The Kier molecular flexibility index (Phi) is 6.03. The van der Waals surface area contributed by atoms with Crippen molar-refractivity contribution in [2.24, 2.45) is 11.3 Å². The second kappa shape index (κ2) is 9.40. The van der Waals surface area contributed by atoms with Crippen LogP contribution in [0.4, 0.5) is 5.82 Å². The number of rotatable bonds is 5. The highest BCUT2D eigenvalue weighted by atomic mass is 35.5. The third-order valence-electron chi connectivity index (χ3n) is 7.51. The lowest BCUT2D eigenvalue weighted by atomic mass is 9.98. The zero-order chi connectivity index (χ0) is 26.4. The molecule has 9 nitrogen and oxygen atoms in total. The van der Waals surface area contributed by atoms with Gasteiger partial charge in [0.1, 0.15) is 6.10 Å². The van der Waals surface area contributed by atoms with Crippen LogP contribution < -0.4 is 10.6 Å². The number of benzene rings is 2. The number of hydrogen-bond acceptors (Lipinski definition) is 7. The Bertz CT molecular complexity index is 1600. The smallest absolute Gasteiger partial charge is 0.229 e. The van der Waals surface area contributed by atoms with E-state index in [-0.39, 0.29) is 17.6 Å². The summed E-state index contributed by atoms with van der Waals surface area (Å²) in [6.45, 7) is 0.443. The van der Waals surface area contributed by atoms with Gasteiger partial charge in [0.2, 0.25) is 11.7 Å². The van der Waals surface area contributed by atoms with Crippen LogP contribution in [-0.4, -0.2) is 54.9 Å². The minimum absolute atomic E-state index is 0.249. The Morgan fingerprint density at radius 3 is 2.74 bits per heavy atom. The first-order valence-corrected chi connectivity index (χ1v) is 12.7. The quantitative estimate of drug-likeness (QED) is 0.293. The Morgan fingerprint density at radius 1 is 1.16 bits per heavy atom. The van der Waals surface area contributed by atoms with Crippen molar-refractivity contribution in [1.82, 2.24) is 24.8 Å². The molecule has 2 aromatic carbocycles. The fraction of sp³-hybridized carbons (Fsp3) is 0.286. The molecule has 5 atom stereocenters. The van der Waals surface area contributed by atoms with Crippen LogP contribution in [0.5, 0.6) is 0 Å². The van der Waals surface area contributed by atoms with Gasteiger partial charge in [-0.05, 0) is 42.2 Å². The number of nitrogens with zero attached hydrogens (tertiary/aromatic N) is 4. The van der Waals surface area contributed by atoms with E-state index in [1.54, 1.807) is 10.9 Å². The monoisotopic (exact) mass is 528 g/mol. The van der Waals surface area contributed by atoms with Gasteiger partial charge in [0.15, 0.2) is 17.0 Å². The first-order chi connectivity index (χ1) is 18.4. The molecule has 2 aliphatic carbocycles. The van der Waals surface area contributed by atoms with E-state index >= 15 is 0 Å². The molecule has 2 saturated carbocycles. The normalized spacial score (nSPS) is 25.4. The number of aliphatic hydroxyl groups is 2. The summed E-state index contributed by atoms with van der Waals surface area (Å²) in [6.07, 6.45) is -0.285. The predicted octanol–water partition coefficient (Wildman–Crippen LogP) is 2.52. The number of halogens is 1. The minimum atomic E-state index is -1.19. The van der Waals surface area contributed by atoms with Crippen molar-refractivity contribution in [2.45, 2.75) is 31.2 Å². The van der Waals surface area contributed by atoms with Crippen molar-refractivity contribution >= 4 is 34.5 Å². The molecule has 0 saturated heterocycles. The Hall–Kier alpha value is -3.97. The van der Waals surface area contributed by atoms with Gasteiger partial charge in [0.25, 0.3) is 0 Å². The van der Waals surface area contributed by atoms with Gasteiger partial charge in [-0.25, -0.2) is 15.0 Å². The Labute approximate surface area is 223 Å². The summed E-state index contributed by atoms with van der Waals surface area (Å²) in [6, 6.07) is 16.5. The maximum absolute atomic E-state index is 12.6. The third kappa shape index (κ3) is 3.98. The summed E-state index contributed by atoms with van der Waals surface area (Å²) in [5.41, 5.74) is 1.73. The van der Waals surface area contributed by atoms with Crippen LogP contribution in [0.15, 0.2) is 60.9 Å². The maximum atomic E-state index is 12.6. The molecule has 0 aliphatic heterocycles. The minimum Gasteiger partial charge on any atom is -0.389 e. The molecule has 0 bridgehead atoms. The molecule has 2 aliphatic rings. The van der Waals surface area contributed by atoms with E-state index in [4.69, 9.17) is 11.6 Å². The number of carbonyl (C=O) groups excluding carboxylic acids is 1. The second-order valence-electron chi connectivity index (χ2n) is 9.68. The lowest BCUT2D eigenvalue weighted by Gasteiger charge is -2.23. The summed E-state index contributed by atoms with van der Waals surface area (Å²) in [4.78, 5) is 26.5. The van der Waals surface area contributed by atoms with E-state index in [0.29, 0.717) is 35.0 Å². The average molecular weight is 529 g/mol. The number of carbonyl (C=O) groups is 1. The van der Waals surface area contributed by atoms with Gasteiger partial charge in [-0.15, -0.1) is 0 Å². The lowest BCUT2D eigenvalue weighted by molar-refractivity contribution is -0.132. The predicted molar refractivity (Wildman–Crippen MR) is 142 cm³/mol. The van der Waals surface area contributed by atoms with E-state index in [1.807, 2.05) is 54.6 Å². The van der Waals surface area contributed by atoms with Crippen LogP contribution in [-0.2, 0) is 11.3 Å². The van der Waals surface area contributed by atoms with Crippen LogP contribution in [0, 0.1) is 23.2 Å². The molecule has 192 valence electrons. The van der Waals surface area contributed by atoms with Gasteiger partial charge in [-0.1, -0.05) is 47.9 Å². The van der Waals surface area contributed by atoms with Crippen molar-refractivity contribution in [3.8, 4) is 11.8 Å². The molecule has 0 spiro atoms. The van der Waals surface area contributed by atoms with Gasteiger partial charge in [-0.2, -0.15) is 0 Å². The number of nitrogens with one attached hydrogen (secondary N) is 2. The average Bonchev–Trinajstić information content (AvgIpc) is 3.47. The van der Waals surface area contributed by atoms with Crippen molar-refractivity contribution in [2.75, 3.05) is 12.4 Å². The highest BCUT2D eigenvalue weighted by molar-refractivity contribution is 6.30. The highest BCUT2D eigenvalue weighted by Crippen LogP contribution is 2.67. The number of hydrogen-bond donors (Lipinski definition) is 4. The summed E-state index contributed by atoms with van der Waals surface area (Å²) in [7, 11) is 1.54. The van der Waals surface area contributed by atoms with Crippen LogP contribution in [0.3, 0.4) is 0 Å². The topological polar surface area (TPSA) is 125 Å². The summed E-state index contributed by atoms with van der Waals surface area (Å²) in [5.74, 6) is 6.36. The molecule has 10 heteroatoms. The molecule has 4 N–H and O–H groups in total. The molecule has 38 heavy (non-hydrogen) atoms. The summed E-state index contributed by atoms with van der Waals surface area (Å²) >= 11 is 6.15. The zero-order valence-corrected chi connectivity index (χ0v) is 21.2. The van der Waals surface area contributed by atoms with Gasteiger partial charge in [-0.3, -0.25) is 4.79 Å². The van der Waals surface area contributed by atoms with Gasteiger partial charge in [0.05, 0.1) is 23.9 Å². The van der Waals surface area contributed by atoms with Crippen LogP contribution >= 0.6 is 11.6 Å². The molecule has 2 aromatic heterocycles. The number of imidazole rings is 1. The molecule has 2 heterocycles. The first-order valence-electron chi connectivity index (χ1n) is 12.3. The van der Waals surface area contributed by atoms with Crippen molar-refractivity contribution in [1.29, 1.82) is 0 Å². The molecule has 2 fully saturated rings. The summed E-state index contributed by atoms with van der Waals surface area (Å²) < 4.78 is 1.74. The SMILES string of the molecule is CNC(=O)C12CC1C(n1cnc3c(NCc4cccc(Cl)c4)nc(C#Cc4ccccc4)nc31)C(O)C2O. The van der Waals surface area contributed by atoms with Crippen molar-refractivity contribution in [3.05, 3.63) is 82.9 Å². The molecule has 5 unspecified atom stereocenters. The number of aromatic nitrogens is 4. The maximum Gasteiger partial charge on any atom is 0.229 e. The van der Waals surface area contributed by atoms with Gasteiger partial charge < -0.3 is 25.4 Å². The highest BCUT2D eigenvalue weighted by Gasteiger charge is 2.75. The largest absolute Gasteiger partial charge is 0.389 e. The number of aliphatic hydroxyl groups excluding tert-OH is 2. The first kappa shape index (κ1) is 24.4. The van der Waals surface area contributed by atoms with Gasteiger partial charge >= 0.3 is 0 Å². The third-order valence-corrected chi connectivity index (χ3v) is 7.74. The molecule has 6 rings (SSSR count). The van der Waals surface area contributed by atoms with Crippen LogP contribution in [0.25, 0.3) is 11.2 Å². The van der Waals surface area contributed by atoms with Crippen molar-refractivity contribution < 1.29 is 15.0 Å².